The number of amides is 3. The standard InChI is InChI=1S/C22H41N7O7S/c1-4-12(2)17(21(35)36)29-20(34)14(6-5-10-26-22(24)25)28-19(33)15(9-11-37-3)27-18(32)13(23)7-8-16(30)31/h12-15,17H,4-11,23H2,1-3H3,(H,27,32)(H,28,33)(H,29,34)(H,30,31)(H,35,36)(H4,24,25,26). The van der Waals surface area contributed by atoms with E-state index in [4.69, 9.17) is 22.3 Å². The Balaban J connectivity index is 5.63. The van der Waals surface area contributed by atoms with Crippen LogP contribution < -0.4 is 33.2 Å². The molecule has 0 saturated carbocycles. The number of nitrogens with two attached hydrogens (primary N) is 3. The topological polar surface area (TPSA) is 252 Å². The highest BCUT2D eigenvalue weighted by Gasteiger charge is 2.31. The number of hydrogen-bond acceptors (Lipinski definition) is 8. The molecule has 0 saturated heterocycles. The summed E-state index contributed by atoms with van der Waals surface area (Å²) < 4.78 is 0. The second kappa shape index (κ2) is 18.2. The van der Waals surface area contributed by atoms with Gasteiger partial charge in [-0.25, -0.2) is 4.79 Å². The number of carboxylic acids is 2. The SMILES string of the molecule is CCC(C)C(NC(=O)C(CCCN=C(N)N)NC(=O)C(CCSC)NC(=O)C(N)CCC(=O)O)C(=O)O. The lowest BCUT2D eigenvalue weighted by atomic mass is 9.98. The molecule has 0 bridgehead atoms. The maximum absolute atomic E-state index is 13.1. The summed E-state index contributed by atoms with van der Waals surface area (Å²) in [7, 11) is 0. The van der Waals surface area contributed by atoms with E-state index < -0.39 is 53.8 Å². The highest BCUT2D eigenvalue weighted by atomic mass is 32.2. The fraction of sp³-hybridized carbons (Fsp3) is 0.727. The van der Waals surface area contributed by atoms with Gasteiger partial charge in [0.05, 0.1) is 6.04 Å². The number of carbonyl (C=O) groups is 5. The van der Waals surface area contributed by atoms with Gasteiger partial charge in [0, 0.05) is 13.0 Å². The summed E-state index contributed by atoms with van der Waals surface area (Å²) in [5.41, 5.74) is 16.4. The van der Waals surface area contributed by atoms with Gasteiger partial charge < -0.3 is 43.4 Å². The van der Waals surface area contributed by atoms with Crippen molar-refractivity contribution >= 4 is 47.4 Å². The quantitative estimate of drug-likeness (QED) is 0.0528. The predicted octanol–water partition coefficient (Wildman–Crippen LogP) is -1.43. The van der Waals surface area contributed by atoms with Gasteiger partial charge in [0.25, 0.3) is 0 Å². The highest BCUT2D eigenvalue weighted by Crippen LogP contribution is 2.10. The minimum Gasteiger partial charge on any atom is -0.481 e. The average molecular weight is 548 g/mol. The second-order valence-corrected chi connectivity index (χ2v) is 9.59. The first-order valence-corrected chi connectivity index (χ1v) is 13.4. The van der Waals surface area contributed by atoms with Crippen LogP contribution in [-0.2, 0) is 24.0 Å². The first-order chi connectivity index (χ1) is 17.3. The molecule has 0 aromatic heterocycles. The molecule has 0 radical (unpaired) electrons. The van der Waals surface area contributed by atoms with Gasteiger partial charge in [-0.1, -0.05) is 20.3 Å². The summed E-state index contributed by atoms with van der Waals surface area (Å²) in [5.74, 6) is -4.35. The molecule has 11 N–H and O–H groups in total. The van der Waals surface area contributed by atoms with E-state index in [9.17, 15) is 29.1 Å². The molecular weight excluding hydrogens is 506 g/mol. The number of nitrogens with one attached hydrogen (secondary N) is 3. The molecule has 0 aromatic rings. The summed E-state index contributed by atoms with van der Waals surface area (Å²) in [6.45, 7) is 3.66. The number of rotatable bonds is 19. The molecule has 14 nitrogen and oxygen atoms in total. The summed E-state index contributed by atoms with van der Waals surface area (Å²) in [5, 5.41) is 25.9. The molecule has 0 rings (SSSR count). The summed E-state index contributed by atoms with van der Waals surface area (Å²) >= 11 is 1.44. The Kier molecular flexibility index (Phi) is 16.7. The zero-order chi connectivity index (χ0) is 28.5. The molecule has 0 aliphatic rings. The Morgan fingerprint density at radius 3 is 2.00 bits per heavy atom. The third kappa shape index (κ3) is 14.3. The van der Waals surface area contributed by atoms with Crippen molar-refractivity contribution in [3.8, 4) is 0 Å². The first kappa shape index (κ1) is 33.9. The van der Waals surface area contributed by atoms with Crippen molar-refractivity contribution in [2.75, 3.05) is 18.6 Å². The number of thioether (sulfide) groups is 1. The molecule has 5 unspecified atom stereocenters. The molecule has 0 aliphatic carbocycles. The smallest absolute Gasteiger partial charge is 0.326 e. The molecule has 15 heteroatoms. The fourth-order valence-electron chi connectivity index (χ4n) is 3.17. The number of hydrogen-bond donors (Lipinski definition) is 8. The van der Waals surface area contributed by atoms with E-state index in [-0.39, 0.29) is 44.1 Å². The van der Waals surface area contributed by atoms with Gasteiger partial charge >= 0.3 is 11.9 Å². The van der Waals surface area contributed by atoms with Crippen LogP contribution in [0.4, 0.5) is 0 Å². The van der Waals surface area contributed by atoms with Gasteiger partial charge in [-0.15, -0.1) is 0 Å². The van der Waals surface area contributed by atoms with E-state index in [1.54, 1.807) is 13.8 Å². The zero-order valence-electron chi connectivity index (χ0n) is 21.6. The minimum atomic E-state index is -1.20. The zero-order valence-corrected chi connectivity index (χ0v) is 22.4. The minimum absolute atomic E-state index is 0.0997. The number of carbonyl (C=O) groups excluding carboxylic acids is 3. The van der Waals surface area contributed by atoms with Gasteiger partial charge in [0.15, 0.2) is 5.96 Å². The lowest BCUT2D eigenvalue weighted by Crippen LogP contribution is -2.57. The van der Waals surface area contributed by atoms with Crippen LogP contribution in [0.5, 0.6) is 0 Å². The van der Waals surface area contributed by atoms with E-state index in [0.29, 0.717) is 18.6 Å². The molecule has 0 aliphatic heterocycles. The molecule has 3 amide bonds. The van der Waals surface area contributed by atoms with Gasteiger partial charge in [-0.05, 0) is 43.6 Å². The van der Waals surface area contributed by atoms with Crippen molar-refractivity contribution in [1.29, 1.82) is 0 Å². The first-order valence-electron chi connectivity index (χ1n) is 12.0. The maximum atomic E-state index is 13.1. The largest absolute Gasteiger partial charge is 0.481 e. The van der Waals surface area contributed by atoms with Gasteiger partial charge in [0.1, 0.15) is 18.1 Å². The average Bonchev–Trinajstić information content (AvgIpc) is 2.83. The second-order valence-electron chi connectivity index (χ2n) is 8.60. The van der Waals surface area contributed by atoms with Gasteiger partial charge in [0.2, 0.25) is 17.7 Å². The lowest BCUT2D eigenvalue weighted by molar-refractivity contribution is -0.144. The number of aliphatic carboxylic acids is 2. The van der Waals surface area contributed by atoms with Crippen molar-refractivity contribution in [3.05, 3.63) is 0 Å². The summed E-state index contributed by atoms with van der Waals surface area (Å²) in [6.07, 6.45) is 2.52. The third-order valence-electron chi connectivity index (χ3n) is 5.60. The van der Waals surface area contributed by atoms with Crippen LogP contribution in [0.3, 0.4) is 0 Å². The Bertz CT molecular complexity index is 808. The highest BCUT2D eigenvalue weighted by molar-refractivity contribution is 7.98. The van der Waals surface area contributed by atoms with Crippen LogP contribution in [-0.4, -0.2) is 88.6 Å². The molecule has 212 valence electrons. The van der Waals surface area contributed by atoms with Crippen molar-refractivity contribution in [3.63, 3.8) is 0 Å². The van der Waals surface area contributed by atoms with Crippen molar-refractivity contribution < 1.29 is 34.2 Å². The predicted molar refractivity (Wildman–Crippen MR) is 141 cm³/mol. The maximum Gasteiger partial charge on any atom is 0.326 e. The van der Waals surface area contributed by atoms with Crippen molar-refractivity contribution in [1.82, 2.24) is 16.0 Å². The van der Waals surface area contributed by atoms with Crippen LogP contribution in [0, 0.1) is 5.92 Å². The van der Waals surface area contributed by atoms with Crippen molar-refractivity contribution in [2.45, 2.75) is 76.5 Å². The van der Waals surface area contributed by atoms with Crippen molar-refractivity contribution in [2.24, 2.45) is 28.1 Å². The number of nitrogens with zero attached hydrogens (tertiary/aromatic N) is 1. The number of carboxylic acid groups (broad SMARTS) is 2. The molecule has 0 heterocycles. The Morgan fingerprint density at radius 2 is 1.49 bits per heavy atom. The van der Waals surface area contributed by atoms with Crippen LogP contribution in [0.25, 0.3) is 0 Å². The van der Waals surface area contributed by atoms with Crippen LogP contribution in [0.15, 0.2) is 4.99 Å². The van der Waals surface area contributed by atoms with E-state index in [1.807, 2.05) is 6.26 Å². The van der Waals surface area contributed by atoms with Crippen LogP contribution in [0.1, 0.15) is 52.4 Å². The van der Waals surface area contributed by atoms with E-state index >= 15 is 0 Å². The van der Waals surface area contributed by atoms with Gasteiger partial charge in [-0.3, -0.25) is 24.2 Å². The lowest BCUT2D eigenvalue weighted by Gasteiger charge is -2.26. The summed E-state index contributed by atoms with van der Waals surface area (Å²) in [4.78, 5) is 64.9. The van der Waals surface area contributed by atoms with E-state index in [2.05, 4.69) is 20.9 Å². The molecule has 0 fully saturated rings. The molecule has 0 spiro atoms. The Hall–Kier alpha value is -3.07. The monoisotopic (exact) mass is 547 g/mol. The number of aliphatic imine (C=N–C) groups is 1. The fourth-order valence-corrected chi connectivity index (χ4v) is 3.65. The number of guanidine groups is 1. The van der Waals surface area contributed by atoms with E-state index in [1.165, 1.54) is 11.8 Å². The third-order valence-corrected chi connectivity index (χ3v) is 6.25. The van der Waals surface area contributed by atoms with Crippen LogP contribution >= 0.6 is 11.8 Å². The van der Waals surface area contributed by atoms with Gasteiger partial charge in [-0.2, -0.15) is 11.8 Å². The normalized spacial score (nSPS) is 14.8. The molecule has 37 heavy (non-hydrogen) atoms. The molecular formula is C22H41N7O7S. The summed E-state index contributed by atoms with van der Waals surface area (Å²) in [6, 6.07) is -4.46. The molecule has 5 atom stereocenters. The molecule has 0 aromatic carbocycles. The van der Waals surface area contributed by atoms with E-state index in [0.717, 1.165) is 0 Å². The Morgan fingerprint density at radius 1 is 0.919 bits per heavy atom. The van der Waals surface area contributed by atoms with Crippen LogP contribution in [0.2, 0.25) is 0 Å². The Labute approximate surface area is 220 Å².